The molecular formula is C44H40ClF10N8O7S2-. The second-order valence-electron chi connectivity index (χ2n) is 18.4. The summed E-state index contributed by atoms with van der Waals surface area (Å²) < 4.78 is 196. The third-order valence-electron chi connectivity index (χ3n) is 11.7. The van der Waals surface area contributed by atoms with Crippen molar-refractivity contribution in [3.05, 3.63) is 93.0 Å². The fourth-order valence-corrected chi connectivity index (χ4v) is 9.10. The molecule has 5 aromatic rings. The number of nitrogens with one attached hydrogen (secondary N) is 2. The van der Waals surface area contributed by atoms with E-state index in [1.165, 1.54) is 27.7 Å². The summed E-state index contributed by atoms with van der Waals surface area (Å²) in [6, 6.07) is 4.85. The third kappa shape index (κ3) is 11.4. The number of anilines is 1. The molecule has 2 aromatic carbocycles. The summed E-state index contributed by atoms with van der Waals surface area (Å²) in [6.45, 7) is 0.363. The van der Waals surface area contributed by atoms with Crippen LogP contribution in [-0.2, 0) is 62.3 Å². The van der Waals surface area contributed by atoms with Crippen LogP contribution in [0.3, 0.4) is 0 Å². The Morgan fingerprint density at radius 3 is 2.22 bits per heavy atom. The number of halogens is 11. The van der Waals surface area contributed by atoms with Crippen molar-refractivity contribution in [2.75, 3.05) is 23.7 Å². The predicted molar refractivity (Wildman–Crippen MR) is 238 cm³/mol. The Labute approximate surface area is 410 Å². The predicted octanol–water partition coefficient (Wildman–Crippen LogP) is 6.78. The molecule has 0 radical (unpaired) electrons. The summed E-state index contributed by atoms with van der Waals surface area (Å²) in [5, 5.41) is 21.2. The van der Waals surface area contributed by atoms with Crippen LogP contribution in [0.15, 0.2) is 42.5 Å². The van der Waals surface area contributed by atoms with Crippen LogP contribution in [0.25, 0.3) is 22.0 Å². The van der Waals surface area contributed by atoms with Crippen LogP contribution < -0.4 is 14.9 Å². The Morgan fingerprint density at radius 2 is 1.64 bits per heavy atom. The molecule has 3 N–H and O–H groups in total. The summed E-state index contributed by atoms with van der Waals surface area (Å²) in [6.07, 6.45) is -10.4. The molecule has 3 aromatic heterocycles. The minimum atomic E-state index is -5.22. The van der Waals surface area contributed by atoms with Crippen LogP contribution in [0, 0.1) is 29.4 Å². The molecule has 2 aliphatic carbocycles. The zero-order valence-electron chi connectivity index (χ0n) is 38.1. The van der Waals surface area contributed by atoms with E-state index in [2.05, 4.69) is 37.7 Å². The van der Waals surface area contributed by atoms with E-state index in [-0.39, 0.29) is 37.8 Å². The zero-order chi connectivity index (χ0) is 53.4. The van der Waals surface area contributed by atoms with Gasteiger partial charge in [0.25, 0.3) is 5.92 Å². The van der Waals surface area contributed by atoms with E-state index in [4.69, 9.17) is 11.6 Å². The number of nitrogens with zero attached hydrogens (tertiary/aromatic N) is 6. The number of carbonyl (C=O) groups is 2. The first kappa shape index (κ1) is 54.0. The van der Waals surface area contributed by atoms with E-state index in [1.807, 2.05) is 0 Å². The normalized spacial score (nSPS) is 17.4. The summed E-state index contributed by atoms with van der Waals surface area (Å²) in [7, 11) is -3.90. The first-order valence-corrected chi connectivity index (χ1v) is 24.5. The first-order valence-electron chi connectivity index (χ1n) is 21.2. The molecule has 0 saturated heterocycles. The molecule has 4 atom stereocenters. The lowest BCUT2D eigenvalue weighted by Gasteiger charge is -2.25. The van der Waals surface area contributed by atoms with Gasteiger partial charge in [0, 0.05) is 52.7 Å². The van der Waals surface area contributed by atoms with Gasteiger partial charge in [-0.25, -0.2) is 22.2 Å². The summed E-state index contributed by atoms with van der Waals surface area (Å²) >= 11 is 3.14. The summed E-state index contributed by atoms with van der Waals surface area (Å²) in [5.74, 6) is -6.90. The molecule has 2 amide bonds. The fraction of sp³-hybridized carbons (Fsp3) is 0.432. The first-order chi connectivity index (χ1) is 33.1. The van der Waals surface area contributed by atoms with Crippen molar-refractivity contribution < 1.29 is 75.8 Å². The van der Waals surface area contributed by atoms with Gasteiger partial charge in [-0.15, -0.1) is 0 Å². The maximum absolute atomic E-state index is 15.6. The Hall–Kier alpha value is -5.82. The topological polar surface area (TPSA) is 204 Å². The molecule has 28 heteroatoms. The number of pyridine rings is 1. The van der Waals surface area contributed by atoms with Gasteiger partial charge in [-0.2, -0.15) is 45.3 Å². The van der Waals surface area contributed by atoms with Crippen molar-refractivity contribution in [2.45, 2.75) is 94.2 Å². The third-order valence-corrected chi connectivity index (χ3v) is 14.7. The number of fused-ring (bicyclic) bond motifs is 4. The molecule has 2 unspecified atom stereocenters. The van der Waals surface area contributed by atoms with E-state index < -0.39 is 168 Å². The molecule has 7 rings (SSSR count). The van der Waals surface area contributed by atoms with Crippen molar-refractivity contribution in [1.29, 1.82) is 0 Å². The number of benzene rings is 2. The van der Waals surface area contributed by atoms with Crippen molar-refractivity contribution in [1.82, 2.24) is 35.2 Å². The van der Waals surface area contributed by atoms with Gasteiger partial charge in [0.05, 0.1) is 33.3 Å². The zero-order valence-corrected chi connectivity index (χ0v) is 40.5. The van der Waals surface area contributed by atoms with Crippen LogP contribution in [-0.4, -0.2) is 94.5 Å². The number of hydrogen-bond acceptors (Lipinski definition) is 10. The SMILES string of the molecule is CC(C)(O)CNC(=O)CN(c1nn(CC(F)(F)F)c2c(-c3ccc(C#CC(C)(C)S(C)(=O)=O)nc3C(Cc3cc(F)cc(F)c3)NC(=O)Cn3nc(C(F)(F)F)c4c3C(F)(F)[C@@H]3C[C@H]43)ccc(Cl)c12)S(=O)[O-]. The molecule has 0 spiro atoms. The molecule has 388 valence electrons. The van der Waals surface area contributed by atoms with Crippen LogP contribution in [0.5, 0.6) is 0 Å². The summed E-state index contributed by atoms with van der Waals surface area (Å²) in [5.41, 5.74) is -7.25. The number of aliphatic hydroxyl groups is 1. The maximum atomic E-state index is 15.6. The highest BCUT2D eigenvalue weighted by atomic mass is 35.5. The number of rotatable bonds is 15. The number of aromatic nitrogens is 5. The van der Waals surface area contributed by atoms with Gasteiger partial charge in [-0.05, 0) is 88.3 Å². The van der Waals surface area contributed by atoms with Crippen molar-refractivity contribution in [3.63, 3.8) is 0 Å². The number of hydrogen-bond donors (Lipinski definition) is 3. The fourth-order valence-electron chi connectivity index (χ4n) is 8.13. The van der Waals surface area contributed by atoms with Crippen molar-refractivity contribution in [3.8, 4) is 23.0 Å². The van der Waals surface area contributed by atoms with Gasteiger partial charge in [-0.1, -0.05) is 23.6 Å². The molecule has 1 fully saturated rings. The number of sulfone groups is 1. The van der Waals surface area contributed by atoms with Gasteiger partial charge in [-0.3, -0.25) is 27.5 Å². The second kappa shape index (κ2) is 18.9. The molecule has 0 bridgehead atoms. The standard InChI is InChI=1S/C44H41ClF10N8O7S2/c1-40(2,66)19-56-31(64)18-63(71(67)68)39-34-29(45)9-8-26(36(34)62(60-39)20-42(48,49)50)25-7-6-24(10-11-41(3,4)72(5,69)70)57-35(25)30(14-21-12-22(46)15-23(47)13-21)58-32(65)17-61-38-33(37(59-61)44(53,54)55)27-16-28(27)43(38,51)52/h6-9,12-13,15,27-28,30,66H,14,16-20H2,1-5H3,(H,56,64)(H,58,65)(H,67,68)/p-1/t27-,28+,30?/m0/s1. The lowest BCUT2D eigenvalue weighted by molar-refractivity contribution is -0.143. The lowest BCUT2D eigenvalue weighted by atomic mass is 9.93. The molecule has 72 heavy (non-hydrogen) atoms. The molecular weight excluding hydrogens is 1040 g/mol. The van der Waals surface area contributed by atoms with Gasteiger partial charge >= 0.3 is 12.4 Å². The van der Waals surface area contributed by atoms with E-state index in [0.717, 1.165) is 42.7 Å². The molecule has 2 aliphatic rings. The van der Waals surface area contributed by atoms with E-state index in [1.54, 1.807) is 0 Å². The van der Waals surface area contributed by atoms with Crippen LogP contribution in [0.2, 0.25) is 5.02 Å². The Balaban J connectivity index is 1.46. The average molecular weight is 1080 g/mol. The van der Waals surface area contributed by atoms with Crippen LogP contribution >= 0.6 is 11.6 Å². The van der Waals surface area contributed by atoms with Crippen LogP contribution in [0.1, 0.15) is 80.0 Å². The van der Waals surface area contributed by atoms with E-state index >= 15 is 8.78 Å². The average Bonchev–Trinajstić information content (AvgIpc) is 3.74. The van der Waals surface area contributed by atoms with E-state index in [0.29, 0.717) is 10.7 Å². The van der Waals surface area contributed by atoms with Gasteiger partial charge < -0.3 is 20.3 Å². The largest absolute Gasteiger partial charge is 0.755 e. The van der Waals surface area contributed by atoms with Crippen LogP contribution in [0.4, 0.5) is 49.7 Å². The Kier molecular flexibility index (Phi) is 14.2. The monoisotopic (exact) mass is 1080 g/mol. The highest BCUT2D eigenvalue weighted by molar-refractivity contribution is 7.92. The highest BCUT2D eigenvalue weighted by Crippen LogP contribution is 2.68. The number of alkyl halides is 8. The molecule has 0 aliphatic heterocycles. The Morgan fingerprint density at radius 1 is 1.00 bits per heavy atom. The number of carbonyl (C=O) groups excluding carboxylic acids is 2. The molecule has 15 nitrogen and oxygen atoms in total. The van der Waals surface area contributed by atoms with Crippen molar-refractivity contribution >= 4 is 61.2 Å². The van der Waals surface area contributed by atoms with Gasteiger partial charge in [0.1, 0.15) is 47.4 Å². The molecule has 3 heterocycles. The van der Waals surface area contributed by atoms with E-state index in [9.17, 15) is 67.0 Å². The smallest absolute Gasteiger partial charge is 0.435 e. The second-order valence-corrected chi connectivity index (χ2v) is 22.2. The summed E-state index contributed by atoms with van der Waals surface area (Å²) in [4.78, 5) is 31.6. The maximum Gasteiger partial charge on any atom is 0.435 e. The minimum absolute atomic E-state index is 0.193. The quantitative estimate of drug-likeness (QED) is 0.0570. The lowest BCUT2D eigenvalue weighted by Crippen LogP contribution is -2.44. The van der Waals surface area contributed by atoms with Gasteiger partial charge in [0.2, 0.25) is 11.8 Å². The van der Waals surface area contributed by atoms with Gasteiger partial charge in [0.15, 0.2) is 21.3 Å². The minimum Gasteiger partial charge on any atom is -0.755 e. The highest BCUT2D eigenvalue weighted by Gasteiger charge is 2.68. The number of amides is 2. The molecule has 1 saturated carbocycles. The van der Waals surface area contributed by atoms with Crippen molar-refractivity contribution in [2.24, 2.45) is 5.92 Å². The Bertz CT molecular complexity index is 3200.